The van der Waals surface area contributed by atoms with Crippen LogP contribution in [0.5, 0.6) is 0 Å². The highest BCUT2D eigenvalue weighted by atomic mass is 32.2. The van der Waals surface area contributed by atoms with Crippen molar-refractivity contribution in [3.63, 3.8) is 0 Å². The lowest BCUT2D eigenvalue weighted by molar-refractivity contribution is -0.120. The molecule has 0 spiro atoms. The van der Waals surface area contributed by atoms with Crippen LogP contribution in [0.2, 0.25) is 0 Å². The van der Waals surface area contributed by atoms with Crippen molar-refractivity contribution in [1.29, 1.82) is 0 Å². The molecule has 0 saturated heterocycles. The standard InChI is InChI=1S/C15H18N2O4S/c18-15(16-11-14-7-4-9-21-14)12-17-22(19,20)10-8-13-5-2-1-3-6-13/h1-7,9,17H,8,10-12H2,(H,16,18). The Hall–Kier alpha value is -2.12. The van der Waals surface area contributed by atoms with Gasteiger partial charge in [-0.1, -0.05) is 30.3 Å². The van der Waals surface area contributed by atoms with Gasteiger partial charge in [-0.2, -0.15) is 0 Å². The van der Waals surface area contributed by atoms with Gasteiger partial charge in [0.05, 0.1) is 25.1 Å². The third-order valence-corrected chi connectivity index (χ3v) is 4.32. The zero-order chi connectivity index (χ0) is 15.8. The van der Waals surface area contributed by atoms with Crippen molar-refractivity contribution in [3.05, 3.63) is 60.1 Å². The van der Waals surface area contributed by atoms with E-state index in [1.807, 2.05) is 30.3 Å². The van der Waals surface area contributed by atoms with E-state index in [0.29, 0.717) is 12.2 Å². The first kappa shape index (κ1) is 16.3. The average molecular weight is 322 g/mol. The molecule has 0 saturated carbocycles. The molecule has 0 aliphatic rings. The van der Waals surface area contributed by atoms with Crippen LogP contribution >= 0.6 is 0 Å². The topological polar surface area (TPSA) is 88.4 Å². The number of carbonyl (C=O) groups excluding carboxylic acids is 1. The van der Waals surface area contributed by atoms with Crippen molar-refractivity contribution >= 4 is 15.9 Å². The summed E-state index contributed by atoms with van der Waals surface area (Å²) < 4.78 is 31.0. The molecule has 7 heteroatoms. The predicted octanol–water partition coefficient (Wildman–Crippen LogP) is 1.06. The Labute approximate surface area is 129 Å². The van der Waals surface area contributed by atoms with E-state index in [9.17, 15) is 13.2 Å². The fourth-order valence-electron chi connectivity index (χ4n) is 1.81. The molecule has 2 N–H and O–H groups in total. The molecule has 0 aliphatic heterocycles. The maximum atomic E-state index is 11.8. The number of hydrogen-bond donors (Lipinski definition) is 2. The summed E-state index contributed by atoms with van der Waals surface area (Å²) in [7, 11) is -3.48. The van der Waals surface area contributed by atoms with Crippen LogP contribution in [0.1, 0.15) is 11.3 Å². The van der Waals surface area contributed by atoms with E-state index in [1.54, 1.807) is 12.1 Å². The lowest BCUT2D eigenvalue weighted by Crippen LogP contribution is -2.37. The van der Waals surface area contributed by atoms with Crippen molar-refractivity contribution in [2.75, 3.05) is 12.3 Å². The highest BCUT2D eigenvalue weighted by Gasteiger charge is 2.12. The quantitative estimate of drug-likeness (QED) is 0.760. The molecule has 0 aliphatic carbocycles. The Morgan fingerprint density at radius 1 is 1.09 bits per heavy atom. The summed E-state index contributed by atoms with van der Waals surface area (Å²) in [6.07, 6.45) is 1.91. The number of furan rings is 1. The number of aryl methyl sites for hydroxylation is 1. The molecule has 0 radical (unpaired) electrons. The molecule has 0 unspecified atom stereocenters. The normalized spacial score (nSPS) is 11.3. The van der Waals surface area contributed by atoms with E-state index in [-0.39, 0.29) is 18.8 Å². The number of hydrogen-bond acceptors (Lipinski definition) is 4. The second kappa shape index (κ2) is 7.77. The largest absolute Gasteiger partial charge is 0.467 e. The van der Waals surface area contributed by atoms with Crippen LogP contribution in [0.3, 0.4) is 0 Å². The van der Waals surface area contributed by atoms with E-state index < -0.39 is 15.9 Å². The molecule has 0 fully saturated rings. The van der Waals surface area contributed by atoms with Gasteiger partial charge in [-0.15, -0.1) is 0 Å². The van der Waals surface area contributed by atoms with Gasteiger partial charge >= 0.3 is 0 Å². The Bertz CT molecular complexity index is 682. The highest BCUT2D eigenvalue weighted by Crippen LogP contribution is 2.01. The van der Waals surface area contributed by atoms with Gasteiger partial charge in [-0.3, -0.25) is 4.79 Å². The fourth-order valence-corrected chi connectivity index (χ4v) is 2.81. The summed E-state index contributed by atoms with van der Waals surface area (Å²) in [5, 5.41) is 2.57. The summed E-state index contributed by atoms with van der Waals surface area (Å²) in [6, 6.07) is 12.8. The maximum absolute atomic E-state index is 11.8. The smallest absolute Gasteiger partial charge is 0.235 e. The van der Waals surface area contributed by atoms with Gasteiger partial charge in [-0.05, 0) is 24.1 Å². The summed E-state index contributed by atoms with van der Waals surface area (Å²) in [5.41, 5.74) is 0.940. The van der Waals surface area contributed by atoms with Gasteiger partial charge in [0.2, 0.25) is 15.9 Å². The molecule has 0 bridgehead atoms. The number of carbonyl (C=O) groups is 1. The lowest BCUT2D eigenvalue weighted by Gasteiger charge is -2.07. The fraction of sp³-hybridized carbons (Fsp3) is 0.267. The number of rotatable bonds is 8. The molecular weight excluding hydrogens is 304 g/mol. The molecule has 1 amide bonds. The first-order valence-electron chi connectivity index (χ1n) is 6.85. The molecule has 2 aromatic rings. The van der Waals surface area contributed by atoms with Gasteiger partial charge in [0.1, 0.15) is 5.76 Å². The van der Waals surface area contributed by atoms with Crippen LogP contribution < -0.4 is 10.0 Å². The minimum absolute atomic E-state index is 0.0531. The van der Waals surface area contributed by atoms with Gasteiger partial charge in [0.15, 0.2) is 0 Å². The summed E-state index contributed by atoms with van der Waals surface area (Å²) in [5.74, 6) is 0.155. The number of amides is 1. The van der Waals surface area contributed by atoms with E-state index >= 15 is 0 Å². The van der Waals surface area contributed by atoms with Crippen molar-refractivity contribution in [3.8, 4) is 0 Å². The zero-order valence-electron chi connectivity index (χ0n) is 12.0. The van der Waals surface area contributed by atoms with Crippen molar-refractivity contribution < 1.29 is 17.6 Å². The van der Waals surface area contributed by atoms with E-state index in [1.165, 1.54) is 6.26 Å². The van der Waals surface area contributed by atoms with Crippen molar-refractivity contribution in [2.45, 2.75) is 13.0 Å². The first-order chi connectivity index (χ1) is 10.6. The maximum Gasteiger partial charge on any atom is 0.235 e. The van der Waals surface area contributed by atoms with E-state index in [2.05, 4.69) is 10.0 Å². The van der Waals surface area contributed by atoms with Gasteiger partial charge in [-0.25, -0.2) is 13.1 Å². The second-order valence-corrected chi connectivity index (χ2v) is 6.66. The zero-order valence-corrected chi connectivity index (χ0v) is 12.8. The predicted molar refractivity (Wildman–Crippen MR) is 82.5 cm³/mol. The van der Waals surface area contributed by atoms with Crippen LogP contribution in [0.15, 0.2) is 53.1 Å². The van der Waals surface area contributed by atoms with Crippen LogP contribution in [-0.2, 0) is 27.8 Å². The molecule has 1 aromatic carbocycles. The summed E-state index contributed by atoms with van der Waals surface area (Å²) in [6.45, 7) is -0.0462. The van der Waals surface area contributed by atoms with E-state index in [0.717, 1.165) is 5.56 Å². The van der Waals surface area contributed by atoms with Crippen LogP contribution in [0, 0.1) is 0 Å². The summed E-state index contributed by atoms with van der Waals surface area (Å²) >= 11 is 0. The molecular formula is C15H18N2O4S. The number of nitrogens with one attached hydrogen (secondary N) is 2. The van der Waals surface area contributed by atoms with Gasteiger partial charge < -0.3 is 9.73 Å². The second-order valence-electron chi connectivity index (χ2n) is 4.73. The van der Waals surface area contributed by atoms with Crippen LogP contribution in [0.25, 0.3) is 0 Å². The van der Waals surface area contributed by atoms with E-state index in [4.69, 9.17) is 4.42 Å². The summed E-state index contributed by atoms with van der Waals surface area (Å²) in [4.78, 5) is 11.6. The molecule has 1 heterocycles. The molecule has 6 nitrogen and oxygen atoms in total. The van der Waals surface area contributed by atoms with Crippen LogP contribution in [0.4, 0.5) is 0 Å². The number of sulfonamides is 1. The van der Waals surface area contributed by atoms with Crippen LogP contribution in [-0.4, -0.2) is 26.6 Å². The van der Waals surface area contributed by atoms with Gasteiger partial charge in [0, 0.05) is 0 Å². The molecule has 22 heavy (non-hydrogen) atoms. The molecule has 1 aromatic heterocycles. The minimum Gasteiger partial charge on any atom is -0.467 e. The minimum atomic E-state index is -3.48. The molecule has 118 valence electrons. The Balaban J connectivity index is 1.71. The number of benzene rings is 1. The molecule has 0 atom stereocenters. The Morgan fingerprint density at radius 3 is 2.55 bits per heavy atom. The highest BCUT2D eigenvalue weighted by molar-refractivity contribution is 7.89. The lowest BCUT2D eigenvalue weighted by atomic mass is 10.2. The Morgan fingerprint density at radius 2 is 1.86 bits per heavy atom. The van der Waals surface area contributed by atoms with Gasteiger partial charge in [0.25, 0.3) is 0 Å². The van der Waals surface area contributed by atoms with Crippen molar-refractivity contribution in [1.82, 2.24) is 10.0 Å². The van der Waals surface area contributed by atoms with Crippen molar-refractivity contribution in [2.24, 2.45) is 0 Å². The third kappa shape index (κ3) is 5.71. The molecule has 2 rings (SSSR count). The first-order valence-corrected chi connectivity index (χ1v) is 8.51. The Kier molecular flexibility index (Phi) is 5.74. The SMILES string of the molecule is O=C(CNS(=O)(=O)CCc1ccccc1)NCc1ccco1. The monoisotopic (exact) mass is 322 g/mol. The average Bonchev–Trinajstić information content (AvgIpc) is 3.04. The third-order valence-electron chi connectivity index (χ3n) is 2.99.